The number of amides is 1. The molecule has 2 fully saturated rings. The molecule has 1 N–H and O–H groups in total. The van der Waals surface area contributed by atoms with Crippen LogP contribution in [0.3, 0.4) is 0 Å². The summed E-state index contributed by atoms with van der Waals surface area (Å²) < 4.78 is 12.1. The van der Waals surface area contributed by atoms with Gasteiger partial charge in [-0.25, -0.2) is 0 Å². The molecule has 3 rings (SSSR count). The quantitative estimate of drug-likeness (QED) is 0.869. The van der Waals surface area contributed by atoms with E-state index < -0.39 is 7.12 Å². The molecule has 0 radical (unpaired) electrons. The first-order valence-electron chi connectivity index (χ1n) is 8.52. The van der Waals surface area contributed by atoms with Gasteiger partial charge >= 0.3 is 7.12 Å². The molecule has 5 heteroatoms. The number of nitrogens with one attached hydrogen (secondary N) is 1. The summed E-state index contributed by atoms with van der Waals surface area (Å²) in [6.07, 6.45) is 4.25. The van der Waals surface area contributed by atoms with Crippen LogP contribution in [-0.2, 0) is 14.1 Å². The summed E-state index contributed by atoms with van der Waals surface area (Å²) in [4.78, 5) is 12.1. The Hall–Kier alpha value is -1.33. The summed E-state index contributed by atoms with van der Waals surface area (Å²) in [5, 5.41) is 3.00. The van der Waals surface area contributed by atoms with Crippen molar-refractivity contribution in [3.8, 4) is 0 Å². The average Bonchev–Trinajstić information content (AvgIpc) is 2.63. The summed E-state index contributed by atoms with van der Waals surface area (Å²) >= 11 is 0. The number of hydrogen-bond donors (Lipinski definition) is 1. The molecule has 0 bridgehead atoms. The smallest absolute Gasteiger partial charge is 0.399 e. The third-order valence-corrected chi connectivity index (χ3v) is 5.39. The van der Waals surface area contributed by atoms with Crippen molar-refractivity contribution in [3.05, 3.63) is 24.3 Å². The molecule has 1 heterocycles. The molecule has 0 unspecified atom stereocenters. The van der Waals surface area contributed by atoms with Gasteiger partial charge in [0.2, 0.25) is 5.91 Å². The van der Waals surface area contributed by atoms with E-state index >= 15 is 0 Å². The Morgan fingerprint density at radius 3 is 2.43 bits per heavy atom. The molecule has 2 aliphatic rings. The van der Waals surface area contributed by atoms with Crippen LogP contribution in [0.5, 0.6) is 0 Å². The van der Waals surface area contributed by atoms with Gasteiger partial charge in [-0.05, 0) is 64.1 Å². The first-order valence-corrected chi connectivity index (χ1v) is 8.52. The fourth-order valence-electron chi connectivity index (χ4n) is 2.91. The maximum Gasteiger partial charge on any atom is 0.494 e. The number of hydrogen-bond acceptors (Lipinski definition) is 3. The number of anilines is 1. The number of rotatable bonds is 4. The minimum absolute atomic E-state index is 0.0979. The molecule has 1 aromatic rings. The second-order valence-corrected chi connectivity index (χ2v) is 7.76. The second kappa shape index (κ2) is 5.95. The largest absolute Gasteiger partial charge is 0.494 e. The van der Waals surface area contributed by atoms with Crippen molar-refractivity contribution >= 4 is 24.2 Å². The van der Waals surface area contributed by atoms with Crippen LogP contribution in [0.15, 0.2) is 24.3 Å². The normalized spacial score (nSPS) is 22.7. The Morgan fingerprint density at radius 1 is 1.22 bits per heavy atom. The first kappa shape index (κ1) is 16.5. The Labute approximate surface area is 139 Å². The van der Waals surface area contributed by atoms with Crippen LogP contribution in [0.2, 0.25) is 0 Å². The van der Waals surface area contributed by atoms with Crippen LogP contribution in [0.1, 0.15) is 53.4 Å². The topological polar surface area (TPSA) is 47.6 Å². The molecule has 1 aromatic carbocycles. The van der Waals surface area contributed by atoms with E-state index in [1.807, 2.05) is 52.0 Å². The number of benzene rings is 1. The second-order valence-electron chi connectivity index (χ2n) is 7.76. The van der Waals surface area contributed by atoms with Crippen LogP contribution in [0, 0.1) is 5.92 Å². The maximum absolute atomic E-state index is 12.1. The molecule has 1 saturated heterocycles. The monoisotopic (exact) mass is 315 g/mol. The molecular weight excluding hydrogens is 289 g/mol. The zero-order valence-corrected chi connectivity index (χ0v) is 14.5. The Bertz CT molecular complexity index is 580. The van der Waals surface area contributed by atoms with Crippen LogP contribution < -0.4 is 10.8 Å². The molecule has 1 aliphatic carbocycles. The highest BCUT2D eigenvalue weighted by atomic mass is 16.7. The standard InChI is InChI=1S/C18H26BNO3/c1-17(2)18(3,4)23-19(22-17)14-9-6-10-15(12-14)20-16(21)11-13-7-5-8-13/h6,9-10,12-13H,5,7-8,11H2,1-4H3,(H,20,21). The highest BCUT2D eigenvalue weighted by Crippen LogP contribution is 2.36. The lowest BCUT2D eigenvalue weighted by Crippen LogP contribution is -2.41. The van der Waals surface area contributed by atoms with Gasteiger partial charge in [-0.15, -0.1) is 0 Å². The third-order valence-electron chi connectivity index (χ3n) is 5.39. The maximum atomic E-state index is 12.1. The summed E-state index contributed by atoms with van der Waals surface area (Å²) in [6.45, 7) is 8.16. The van der Waals surface area contributed by atoms with Crippen molar-refractivity contribution in [2.24, 2.45) is 5.92 Å². The first-order chi connectivity index (χ1) is 10.8. The van der Waals surface area contributed by atoms with Gasteiger partial charge in [0.1, 0.15) is 0 Å². The van der Waals surface area contributed by atoms with Crippen molar-refractivity contribution in [2.75, 3.05) is 5.32 Å². The van der Waals surface area contributed by atoms with Crippen LogP contribution >= 0.6 is 0 Å². The Kier molecular flexibility index (Phi) is 4.28. The molecular formula is C18H26BNO3. The molecule has 1 amide bonds. The summed E-state index contributed by atoms with van der Waals surface area (Å²) in [7, 11) is -0.400. The predicted molar refractivity (Wildman–Crippen MR) is 92.7 cm³/mol. The Morgan fingerprint density at radius 2 is 1.87 bits per heavy atom. The Balaban J connectivity index is 1.67. The van der Waals surface area contributed by atoms with Gasteiger partial charge < -0.3 is 14.6 Å². The van der Waals surface area contributed by atoms with Gasteiger partial charge in [-0.1, -0.05) is 18.6 Å². The predicted octanol–water partition coefficient (Wildman–Crippen LogP) is 3.11. The van der Waals surface area contributed by atoms with Crippen molar-refractivity contribution in [1.82, 2.24) is 0 Å². The lowest BCUT2D eigenvalue weighted by Gasteiger charge is -2.32. The van der Waals surface area contributed by atoms with E-state index in [1.165, 1.54) is 19.3 Å². The lowest BCUT2D eigenvalue weighted by molar-refractivity contribution is -0.117. The third kappa shape index (κ3) is 3.46. The average molecular weight is 315 g/mol. The van der Waals surface area contributed by atoms with E-state index in [2.05, 4.69) is 5.32 Å². The van der Waals surface area contributed by atoms with Crippen LogP contribution in [-0.4, -0.2) is 24.2 Å². The van der Waals surface area contributed by atoms with E-state index in [1.54, 1.807) is 0 Å². The van der Waals surface area contributed by atoms with E-state index in [0.717, 1.165) is 11.2 Å². The summed E-state index contributed by atoms with van der Waals surface area (Å²) in [5.41, 5.74) is 1.02. The molecule has 1 saturated carbocycles. The van der Waals surface area contributed by atoms with Crippen LogP contribution in [0.4, 0.5) is 5.69 Å². The van der Waals surface area contributed by atoms with Gasteiger partial charge in [0.05, 0.1) is 11.2 Å². The van der Waals surface area contributed by atoms with Gasteiger partial charge in [0, 0.05) is 12.1 Å². The summed E-state index contributed by atoms with van der Waals surface area (Å²) in [6, 6.07) is 7.76. The van der Waals surface area contributed by atoms with Gasteiger partial charge in [-0.3, -0.25) is 4.79 Å². The van der Waals surface area contributed by atoms with E-state index in [4.69, 9.17) is 9.31 Å². The zero-order valence-electron chi connectivity index (χ0n) is 14.5. The van der Waals surface area contributed by atoms with Crippen molar-refractivity contribution in [1.29, 1.82) is 0 Å². The van der Waals surface area contributed by atoms with Gasteiger partial charge in [0.25, 0.3) is 0 Å². The van der Waals surface area contributed by atoms with Crippen molar-refractivity contribution in [3.63, 3.8) is 0 Å². The van der Waals surface area contributed by atoms with E-state index in [0.29, 0.717) is 12.3 Å². The number of carbonyl (C=O) groups excluding carboxylic acids is 1. The van der Waals surface area contributed by atoms with Crippen molar-refractivity contribution in [2.45, 2.75) is 64.6 Å². The fraction of sp³-hybridized carbons (Fsp3) is 0.611. The van der Waals surface area contributed by atoms with E-state index in [-0.39, 0.29) is 17.1 Å². The van der Waals surface area contributed by atoms with Gasteiger partial charge in [-0.2, -0.15) is 0 Å². The molecule has 124 valence electrons. The SMILES string of the molecule is CC1(C)OB(c2cccc(NC(=O)CC3CCC3)c2)OC1(C)C. The van der Waals surface area contributed by atoms with Gasteiger partial charge in [0.15, 0.2) is 0 Å². The minimum Gasteiger partial charge on any atom is -0.399 e. The number of carbonyl (C=O) groups is 1. The van der Waals surface area contributed by atoms with E-state index in [9.17, 15) is 4.79 Å². The van der Waals surface area contributed by atoms with Crippen LogP contribution in [0.25, 0.3) is 0 Å². The molecule has 4 nitrogen and oxygen atoms in total. The molecule has 1 aliphatic heterocycles. The minimum atomic E-state index is -0.400. The fourth-order valence-corrected chi connectivity index (χ4v) is 2.91. The molecule has 0 atom stereocenters. The highest BCUT2D eigenvalue weighted by Gasteiger charge is 2.51. The van der Waals surface area contributed by atoms with Crippen molar-refractivity contribution < 1.29 is 14.1 Å². The molecule has 23 heavy (non-hydrogen) atoms. The highest BCUT2D eigenvalue weighted by molar-refractivity contribution is 6.62. The zero-order chi connectivity index (χ0) is 16.7. The lowest BCUT2D eigenvalue weighted by atomic mass is 9.79. The summed E-state index contributed by atoms with van der Waals surface area (Å²) in [5.74, 6) is 0.669. The molecule has 0 spiro atoms. The molecule has 0 aromatic heterocycles.